The number of aromatic amines is 1. The van der Waals surface area contributed by atoms with Crippen LogP contribution in [0, 0.1) is 0 Å². The predicted molar refractivity (Wildman–Crippen MR) is 89.8 cm³/mol. The van der Waals surface area contributed by atoms with E-state index in [1.54, 1.807) is 24.3 Å². The van der Waals surface area contributed by atoms with Crippen molar-refractivity contribution < 1.29 is 48.7 Å². The van der Waals surface area contributed by atoms with Crippen LogP contribution in [0.3, 0.4) is 0 Å². The number of nitrogens with one attached hydrogen (secondary N) is 2. The molecule has 0 atom stereocenters. The Labute approximate surface area is 172 Å². The monoisotopic (exact) mass is 384 g/mol. The largest absolute Gasteiger partial charge is 1.00 e. The van der Waals surface area contributed by atoms with Gasteiger partial charge in [-0.1, -0.05) is 18.2 Å². The molecule has 0 saturated heterocycles. The molecule has 0 bridgehead atoms. The first-order chi connectivity index (χ1) is 11.9. The fourth-order valence-corrected chi connectivity index (χ4v) is 2.39. The van der Waals surface area contributed by atoms with Crippen molar-refractivity contribution in [1.29, 1.82) is 0 Å². The summed E-state index contributed by atoms with van der Waals surface area (Å²) in [5.74, 6) is 0.530. The van der Waals surface area contributed by atoms with Gasteiger partial charge in [-0.15, -0.1) is 4.98 Å². The first-order valence-corrected chi connectivity index (χ1v) is 8.40. The summed E-state index contributed by atoms with van der Waals surface area (Å²) < 4.78 is 36.4. The van der Waals surface area contributed by atoms with Gasteiger partial charge in [0, 0.05) is 5.69 Å². The van der Waals surface area contributed by atoms with Crippen LogP contribution in [-0.4, -0.2) is 27.9 Å². The molecular weight excluding hydrogens is 371 g/mol. The van der Waals surface area contributed by atoms with Crippen LogP contribution in [0.2, 0.25) is 0 Å². The van der Waals surface area contributed by atoms with Crippen molar-refractivity contribution in [1.82, 2.24) is 15.0 Å². The molecule has 3 rings (SSSR count). The summed E-state index contributed by atoms with van der Waals surface area (Å²) in [5, 5.41) is 2.79. The van der Waals surface area contributed by atoms with Crippen molar-refractivity contribution in [2.75, 3.05) is 5.32 Å². The molecule has 0 aliphatic carbocycles. The normalized spacial score (nSPS) is 10.7. The van der Waals surface area contributed by atoms with Crippen LogP contribution in [0.5, 0.6) is 11.8 Å². The summed E-state index contributed by atoms with van der Waals surface area (Å²) in [6, 6.07) is 13.8. The Hall–Kier alpha value is -2.24. The van der Waals surface area contributed by atoms with Gasteiger partial charge in [0.25, 0.3) is 10.1 Å². The van der Waals surface area contributed by atoms with E-state index in [4.69, 9.17) is 9.29 Å². The molecule has 130 valence electrons. The maximum absolute atomic E-state index is 11.6. The molecule has 3 N–H and O–H groups in total. The molecule has 0 aliphatic rings. The Bertz CT molecular complexity index is 1050. The molecule has 3 aromatic rings. The summed E-state index contributed by atoms with van der Waals surface area (Å²) in [6.07, 6.45) is 0. The van der Waals surface area contributed by atoms with Crippen molar-refractivity contribution in [3.05, 3.63) is 65.1 Å². The number of para-hydroxylation sites is 1. The van der Waals surface area contributed by atoms with Gasteiger partial charge in [-0.05, 0) is 36.4 Å². The number of benzene rings is 2. The third-order valence-corrected chi connectivity index (χ3v) is 3.87. The van der Waals surface area contributed by atoms with Crippen LogP contribution in [-0.2, 0) is 10.1 Å². The molecule has 1 heterocycles. The van der Waals surface area contributed by atoms with E-state index in [1.165, 1.54) is 24.3 Å². The molecule has 26 heavy (non-hydrogen) atoms. The van der Waals surface area contributed by atoms with Crippen LogP contribution < -0.4 is 45.3 Å². The van der Waals surface area contributed by atoms with Crippen molar-refractivity contribution in [2.24, 2.45) is 0 Å². The molecule has 0 spiro atoms. The maximum Gasteiger partial charge on any atom is 1.00 e. The fourth-order valence-electron chi connectivity index (χ4n) is 1.91. The van der Waals surface area contributed by atoms with Crippen LogP contribution in [0.1, 0.15) is 1.43 Å². The van der Waals surface area contributed by atoms with Gasteiger partial charge in [0.15, 0.2) is 0 Å². The van der Waals surface area contributed by atoms with Crippen molar-refractivity contribution in [3.63, 3.8) is 0 Å². The van der Waals surface area contributed by atoms with Gasteiger partial charge in [0.05, 0.1) is 4.90 Å². The molecule has 9 nitrogen and oxygen atoms in total. The Morgan fingerprint density at radius 2 is 1.69 bits per heavy atom. The predicted octanol–water partition coefficient (Wildman–Crippen LogP) is -0.936. The Kier molecular flexibility index (Phi) is 6.51. The van der Waals surface area contributed by atoms with E-state index < -0.39 is 15.8 Å². The molecule has 11 heteroatoms. The SMILES string of the molecule is O=c1nc(Oc2ccccc2)nc(Nc2ccc(S(=O)(=O)O)cc2)[nH]1.[H-].[Na+]. The molecule has 0 fully saturated rings. The number of aromatic nitrogens is 3. The van der Waals surface area contributed by atoms with Gasteiger partial charge in [-0.25, -0.2) is 4.79 Å². The molecule has 0 amide bonds. The second-order valence-corrected chi connectivity index (χ2v) is 6.25. The average Bonchev–Trinajstić information content (AvgIpc) is 2.55. The Morgan fingerprint density at radius 3 is 2.31 bits per heavy atom. The number of nitrogens with zero attached hydrogens (tertiary/aromatic N) is 2. The van der Waals surface area contributed by atoms with E-state index in [9.17, 15) is 13.2 Å². The quantitative estimate of drug-likeness (QED) is 0.379. The number of ether oxygens (including phenoxy) is 1. The zero-order valence-electron chi connectivity index (χ0n) is 14.6. The third kappa shape index (κ3) is 5.38. The second-order valence-electron chi connectivity index (χ2n) is 4.82. The zero-order valence-corrected chi connectivity index (χ0v) is 16.4. The Morgan fingerprint density at radius 1 is 1.04 bits per heavy atom. The maximum atomic E-state index is 11.6. The molecular formula is C15H13N4NaO5S. The molecule has 0 radical (unpaired) electrons. The summed E-state index contributed by atoms with van der Waals surface area (Å²) in [5.41, 5.74) is -0.231. The van der Waals surface area contributed by atoms with Crippen LogP contribution in [0.15, 0.2) is 64.3 Å². The van der Waals surface area contributed by atoms with Crippen molar-refractivity contribution in [2.45, 2.75) is 4.90 Å². The molecule has 2 aromatic carbocycles. The summed E-state index contributed by atoms with van der Waals surface area (Å²) in [7, 11) is -4.27. The van der Waals surface area contributed by atoms with E-state index in [0.717, 1.165) is 0 Å². The standard InChI is InChI=1S/C15H12N4O5S.Na.H/c20-14-17-13(16-10-6-8-12(9-7-10)25(21,22)23)18-15(19-14)24-11-4-2-1-3-5-11;;/h1-9H,(H,21,22,23)(H2,16,17,18,19,20);;/q;+1;-1. The minimum absolute atomic E-state index is 0. The second kappa shape index (κ2) is 8.43. The summed E-state index contributed by atoms with van der Waals surface area (Å²) in [6.45, 7) is 0. The van der Waals surface area contributed by atoms with Gasteiger partial charge >= 0.3 is 41.3 Å². The van der Waals surface area contributed by atoms with Gasteiger partial charge in [-0.2, -0.15) is 13.4 Å². The van der Waals surface area contributed by atoms with E-state index in [-0.39, 0.29) is 47.8 Å². The molecule has 0 saturated carbocycles. The smallest absolute Gasteiger partial charge is 1.00 e. The first-order valence-electron chi connectivity index (χ1n) is 6.96. The minimum Gasteiger partial charge on any atom is -1.00 e. The molecule has 0 unspecified atom stereocenters. The van der Waals surface area contributed by atoms with Gasteiger partial charge in [0.2, 0.25) is 5.95 Å². The summed E-state index contributed by atoms with van der Waals surface area (Å²) in [4.78, 5) is 21.4. The van der Waals surface area contributed by atoms with E-state index in [0.29, 0.717) is 11.4 Å². The fraction of sp³-hybridized carbons (Fsp3) is 0. The topological polar surface area (TPSA) is 134 Å². The first kappa shape index (κ1) is 20.1. The number of hydrogen-bond acceptors (Lipinski definition) is 7. The number of rotatable bonds is 5. The van der Waals surface area contributed by atoms with Crippen LogP contribution >= 0.6 is 0 Å². The number of hydrogen-bond donors (Lipinski definition) is 3. The Balaban J connectivity index is 0.00000182. The average molecular weight is 384 g/mol. The van der Waals surface area contributed by atoms with Crippen LogP contribution in [0.25, 0.3) is 0 Å². The summed E-state index contributed by atoms with van der Waals surface area (Å²) >= 11 is 0. The van der Waals surface area contributed by atoms with Gasteiger partial charge < -0.3 is 11.5 Å². The molecule has 0 aliphatic heterocycles. The third-order valence-electron chi connectivity index (χ3n) is 3.00. The van der Waals surface area contributed by atoms with Gasteiger partial charge in [-0.3, -0.25) is 9.54 Å². The van der Waals surface area contributed by atoms with Gasteiger partial charge in [0.1, 0.15) is 5.75 Å². The van der Waals surface area contributed by atoms with E-state index >= 15 is 0 Å². The van der Waals surface area contributed by atoms with E-state index in [1.807, 2.05) is 6.07 Å². The minimum atomic E-state index is -4.27. The number of H-pyrrole nitrogens is 1. The van der Waals surface area contributed by atoms with Crippen LogP contribution in [0.4, 0.5) is 11.6 Å². The zero-order chi connectivity index (χ0) is 17.9. The van der Waals surface area contributed by atoms with Crippen molar-refractivity contribution >= 4 is 21.8 Å². The van der Waals surface area contributed by atoms with E-state index in [2.05, 4.69) is 20.3 Å². The van der Waals surface area contributed by atoms with Crippen molar-refractivity contribution in [3.8, 4) is 11.8 Å². The molecule has 1 aromatic heterocycles. The number of anilines is 2.